The molecule has 0 aliphatic rings. The van der Waals surface area contributed by atoms with Crippen LogP contribution < -0.4 is 0 Å². The molecule has 0 aromatic rings. The van der Waals surface area contributed by atoms with Gasteiger partial charge in [-0.3, -0.25) is 0 Å². The Kier molecular flexibility index (Phi) is 23.8. The van der Waals surface area contributed by atoms with Gasteiger partial charge < -0.3 is 69.6 Å². The first kappa shape index (κ1) is 54.3. The Morgan fingerprint density at radius 2 is 0.358 bits per heavy atom. The van der Waals surface area contributed by atoms with Crippen molar-refractivity contribution in [2.24, 2.45) is 0 Å². The average molecular weight is 922 g/mol. The summed E-state index contributed by atoms with van der Waals surface area (Å²) in [4.78, 5) is 0. The van der Waals surface area contributed by atoms with Crippen LogP contribution in [0.2, 0.25) is 101 Å². The molecule has 0 N–H and O–H groups in total. The van der Waals surface area contributed by atoms with Gasteiger partial charge in [-0.05, 0) is 76.6 Å². The second-order valence-corrected chi connectivity index (χ2v) is 47.8. The predicted molar refractivity (Wildman–Crippen MR) is 226 cm³/mol. The highest BCUT2D eigenvalue weighted by Gasteiger charge is 2.60. The van der Waals surface area contributed by atoms with Crippen LogP contribution >= 0.6 is 0 Å². The van der Waals surface area contributed by atoms with Crippen molar-refractivity contribution < 1.29 is 69.6 Å². The highest BCUT2D eigenvalue weighted by molar-refractivity contribution is 6.93. The molecule has 0 fully saturated rings. The van der Waals surface area contributed by atoms with E-state index in [1.807, 2.05) is 0 Å². The van der Waals surface area contributed by atoms with Gasteiger partial charge in [0, 0.05) is 109 Å². The normalized spacial score (nSPS) is 14.7. The number of rotatable bonds is 32. The van der Waals surface area contributed by atoms with Crippen molar-refractivity contribution in [2.75, 3.05) is 85.3 Å². The van der Waals surface area contributed by atoms with Gasteiger partial charge in [-0.25, -0.2) is 0 Å². The molecule has 0 aromatic carbocycles. The molecule has 0 heterocycles. The van der Waals surface area contributed by atoms with Crippen molar-refractivity contribution >= 4 is 77.5 Å². The van der Waals surface area contributed by atoms with Crippen molar-refractivity contribution in [3.8, 4) is 0 Å². The summed E-state index contributed by atoms with van der Waals surface area (Å²) in [6, 6.07) is 4.83. The molecule has 0 bridgehead atoms. The van der Waals surface area contributed by atoms with Crippen LogP contribution in [0.3, 0.4) is 0 Å². The second kappa shape index (κ2) is 23.2. The lowest BCUT2D eigenvalue weighted by atomic mass is 10.9. The maximum atomic E-state index is 7.42. The van der Waals surface area contributed by atoms with E-state index in [0.29, 0.717) is 48.4 Å². The van der Waals surface area contributed by atoms with Crippen molar-refractivity contribution in [1.82, 2.24) is 0 Å². The molecule has 53 heavy (non-hydrogen) atoms. The van der Waals surface area contributed by atoms with Crippen LogP contribution in [0.5, 0.6) is 0 Å². The molecular weight excluding hydrogens is 845 g/mol. The van der Waals surface area contributed by atoms with Crippen molar-refractivity contribution in [2.45, 2.75) is 101 Å². The zero-order chi connectivity index (χ0) is 41.5. The van der Waals surface area contributed by atoms with Gasteiger partial charge in [-0.15, -0.1) is 0 Å². The molecular formula is C28H76O16Si9. The lowest BCUT2D eigenvalue weighted by molar-refractivity contribution is 0.120. The van der Waals surface area contributed by atoms with E-state index in [0.717, 1.165) is 0 Å². The molecule has 0 aromatic heterocycles. The monoisotopic (exact) mass is 920 g/mol. The molecule has 0 amide bonds. The average Bonchev–Trinajstić information content (AvgIpc) is 3.10. The van der Waals surface area contributed by atoms with Gasteiger partial charge in [-0.2, -0.15) is 0 Å². The van der Waals surface area contributed by atoms with E-state index >= 15 is 0 Å². The van der Waals surface area contributed by atoms with E-state index < -0.39 is 77.5 Å². The fourth-order valence-corrected chi connectivity index (χ4v) is 40.4. The molecule has 0 aliphatic heterocycles. The Bertz CT molecular complexity index is 824. The first-order valence-electron chi connectivity index (χ1n) is 17.8. The SMILES string of the molecule is CO[Si](CC[Si](C)(C)O[Si](O[Si](C)(C)CC[Si](OC)(OC)OC)(O[Si](C)(C)CC[Si](OC)(OC)OC)O[Si](C)(C)CC[Si](OC)(OC)OC)(OC)OC. The third-order valence-corrected chi connectivity index (χ3v) is 41.0. The molecule has 0 spiro atoms. The lowest BCUT2D eigenvalue weighted by Crippen LogP contribution is -2.67. The summed E-state index contributed by atoms with van der Waals surface area (Å²) in [5, 5.41) is 0. The van der Waals surface area contributed by atoms with Crippen LogP contribution in [0.4, 0.5) is 0 Å². The Balaban J connectivity index is 7.40. The molecule has 0 rings (SSSR count). The summed E-state index contributed by atoms with van der Waals surface area (Å²) in [7, 11) is -7.00. The number of hydrogen-bond acceptors (Lipinski definition) is 16. The third kappa shape index (κ3) is 17.6. The molecule has 25 heteroatoms. The lowest BCUT2D eigenvalue weighted by Gasteiger charge is -2.47. The van der Waals surface area contributed by atoms with E-state index in [-0.39, 0.29) is 0 Å². The van der Waals surface area contributed by atoms with Crippen LogP contribution in [0.1, 0.15) is 0 Å². The minimum Gasteiger partial charge on any atom is -0.396 e. The molecule has 16 nitrogen and oxygen atoms in total. The van der Waals surface area contributed by atoms with E-state index in [1.165, 1.54) is 0 Å². The molecule has 0 saturated carbocycles. The van der Waals surface area contributed by atoms with Crippen molar-refractivity contribution in [3.05, 3.63) is 0 Å². The van der Waals surface area contributed by atoms with Gasteiger partial charge in [0.15, 0.2) is 33.3 Å². The third-order valence-electron chi connectivity index (χ3n) is 9.47. The van der Waals surface area contributed by atoms with Crippen LogP contribution in [0.25, 0.3) is 0 Å². The summed E-state index contributed by atoms with van der Waals surface area (Å²) in [5.74, 6) is 0. The van der Waals surface area contributed by atoms with Crippen molar-refractivity contribution in [1.29, 1.82) is 0 Å². The smallest absolute Gasteiger partial charge is 0.396 e. The Morgan fingerprint density at radius 1 is 0.226 bits per heavy atom. The van der Waals surface area contributed by atoms with Crippen LogP contribution in [0, 0.1) is 0 Å². The van der Waals surface area contributed by atoms with Gasteiger partial charge in [0.1, 0.15) is 0 Å². The molecule has 0 unspecified atom stereocenters. The Hall–Kier alpha value is 1.31. The largest absolute Gasteiger partial charge is 0.636 e. The zero-order valence-corrected chi connectivity index (χ0v) is 45.7. The molecule has 0 atom stereocenters. The van der Waals surface area contributed by atoms with Crippen LogP contribution in [-0.4, -0.2) is 163 Å². The van der Waals surface area contributed by atoms with Gasteiger partial charge in [0.25, 0.3) is 0 Å². The summed E-state index contributed by atoms with van der Waals surface area (Å²) >= 11 is 0. The minimum absolute atomic E-state index is 0.555. The Labute approximate surface area is 331 Å². The van der Waals surface area contributed by atoms with Crippen LogP contribution in [0.15, 0.2) is 0 Å². The standard InChI is InChI=1S/C28H76O16Si9/c1-29-49(30-2,31-3)25-21-45(13,14)41-53(42-46(15,16)22-26-50(32-4,33-5)34-6,43-47(17,18)23-27-51(35-7,36-8)37-9)44-48(19,20)24-28-52(38-10,39-11)40-12/h21-28H2,1-20H3. The van der Waals surface area contributed by atoms with E-state index in [4.69, 9.17) is 69.6 Å². The topological polar surface area (TPSA) is 148 Å². The van der Waals surface area contributed by atoms with Gasteiger partial charge >= 0.3 is 44.3 Å². The van der Waals surface area contributed by atoms with Crippen molar-refractivity contribution in [3.63, 3.8) is 0 Å². The maximum absolute atomic E-state index is 7.42. The molecule has 0 radical (unpaired) electrons. The molecule has 0 saturated heterocycles. The zero-order valence-electron chi connectivity index (χ0n) is 36.7. The summed E-state index contributed by atoms with van der Waals surface area (Å²) < 4.78 is 99.2. The fourth-order valence-electron chi connectivity index (χ4n) is 5.72. The summed E-state index contributed by atoms with van der Waals surface area (Å²) in [6.07, 6.45) is 0. The quantitative estimate of drug-likeness (QED) is 0.0746. The Morgan fingerprint density at radius 3 is 0.472 bits per heavy atom. The highest BCUT2D eigenvalue weighted by atomic mass is 28.5. The highest BCUT2D eigenvalue weighted by Crippen LogP contribution is 2.38. The van der Waals surface area contributed by atoms with Gasteiger partial charge in [0.2, 0.25) is 0 Å². The maximum Gasteiger partial charge on any atom is 0.636 e. The minimum atomic E-state index is -4.03. The van der Waals surface area contributed by atoms with E-state index in [2.05, 4.69) is 52.4 Å². The van der Waals surface area contributed by atoms with Gasteiger partial charge in [0.05, 0.1) is 0 Å². The summed E-state index contributed by atoms with van der Waals surface area (Å²) in [6.45, 7) is 17.2. The first-order valence-corrected chi connectivity index (χ1v) is 39.6. The van der Waals surface area contributed by atoms with E-state index in [9.17, 15) is 0 Å². The van der Waals surface area contributed by atoms with Gasteiger partial charge in [-0.1, -0.05) is 0 Å². The second-order valence-electron chi connectivity index (χ2n) is 15.1. The first-order chi connectivity index (χ1) is 24.4. The van der Waals surface area contributed by atoms with Crippen LogP contribution in [-0.2, 0) is 69.6 Å². The molecule has 320 valence electrons. The summed E-state index contributed by atoms with van der Waals surface area (Å²) in [5.41, 5.74) is 0. The fraction of sp³-hybridized carbons (Fsp3) is 1.00. The number of hydrogen-bond donors (Lipinski definition) is 0. The molecule has 0 aliphatic carbocycles. The van der Waals surface area contributed by atoms with E-state index in [1.54, 1.807) is 85.3 Å². The predicted octanol–water partition coefficient (Wildman–Crippen LogP) is 5.82.